The van der Waals surface area contributed by atoms with Gasteiger partial charge >= 0.3 is 0 Å². The molecule has 0 fully saturated rings. The van der Waals surface area contributed by atoms with Gasteiger partial charge in [0.1, 0.15) is 12.4 Å². The molecule has 0 spiro atoms. The van der Waals surface area contributed by atoms with Gasteiger partial charge < -0.3 is 9.67 Å². The lowest BCUT2D eigenvalue weighted by molar-refractivity contribution is 0.267. The van der Waals surface area contributed by atoms with Gasteiger partial charge in [-0.1, -0.05) is 41.9 Å². The molecule has 4 heteroatoms. The van der Waals surface area contributed by atoms with Gasteiger partial charge in [0, 0.05) is 11.6 Å². The number of aromatic nitrogens is 2. The predicted molar refractivity (Wildman–Crippen MR) is 76.2 cm³/mol. The number of fused-ring (bicyclic) bond motifs is 1. The van der Waals surface area contributed by atoms with Crippen LogP contribution in [0.3, 0.4) is 0 Å². The van der Waals surface area contributed by atoms with Crippen LogP contribution in [-0.4, -0.2) is 14.7 Å². The van der Waals surface area contributed by atoms with Crippen molar-refractivity contribution in [2.45, 2.75) is 13.2 Å². The van der Waals surface area contributed by atoms with E-state index in [2.05, 4.69) is 17.1 Å². The van der Waals surface area contributed by atoms with E-state index in [1.807, 2.05) is 41.0 Å². The molecular weight excluding hydrogens is 260 g/mol. The highest BCUT2D eigenvalue weighted by Gasteiger charge is 2.10. The lowest BCUT2D eigenvalue weighted by atomic mass is 10.2. The zero-order valence-electron chi connectivity index (χ0n) is 10.3. The van der Waals surface area contributed by atoms with Gasteiger partial charge in [-0.25, -0.2) is 4.98 Å². The highest BCUT2D eigenvalue weighted by Crippen LogP contribution is 2.21. The van der Waals surface area contributed by atoms with Crippen LogP contribution in [0.15, 0.2) is 48.5 Å². The molecular formula is C15H13ClN2O. The van der Waals surface area contributed by atoms with Crippen LogP contribution in [0, 0.1) is 0 Å². The average molecular weight is 273 g/mol. The molecule has 0 saturated heterocycles. The SMILES string of the molecule is OCc1nc2cc(Cl)ccc2n1Cc1ccccc1. The summed E-state index contributed by atoms with van der Waals surface area (Å²) in [6.45, 7) is 0.605. The number of rotatable bonds is 3. The first-order chi connectivity index (χ1) is 9.28. The number of aliphatic hydroxyl groups is 1. The van der Waals surface area contributed by atoms with Gasteiger partial charge in [0.15, 0.2) is 0 Å². The summed E-state index contributed by atoms with van der Waals surface area (Å²) in [4.78, 5) is 4.42. The Morgan fingerprint density at radius 2 is 1.89 bits per heavy atom. The van der Waals surface area contributed by atoms with Gasteiger partial charge in [0.2, 0.25) is 0 Å². The molecule has 1 heterocycles. The summed E-state index contributed by atoms with van der Waals surface area (Å²) in [6.07, 6.45) is 0. The van der Waals surface area contributed by atoms with Crippen molar-refractivity contribution in [3.05, 3.63) is 64.9 Å². The van der Waals surface area contributed by atoms with Crippen molar-refractivity contribution in [1.82, 2.24) is 9.55 Å². The Kier molecular flexibility index (Phi) is 3.23. The van der Waals surface area contributed by atoms with Crippen molar-refractivity contribution in [2.75, 3.05) is 0 Å². The lowest BCUT2D eigenvalue weighted by Crippen LogP contribution is -2.04. The monoisotopic (exact) mass is 272 g/mol. The van der Waals surface area contributed by atoms with Crippen LogP contribution in [0.25, 0.3) is 11.0 Å². The van der Waals surface area contributed by atoms with Crippen molar-refractivity contribution in [2.24, 2.45) is 0 Å². The molecule has 3 nitrogen and oxygen atoms in total. The third kappa shape index (κ3) is 2.35. The number of nitrogens with zero attached hydrogens (tertiary/aromatic N) is 2. The second-order valence-electron chi connectivity index (χ2n) is 4.39. The standard InChI is InChI=1S/C15H13ClN2O/c16-12-6-7-14-13(8-12)17-15(10-19)18(14)9-11-4-2-1-3-5-11/h1-8,19H,9-10H2. The lowest BCUT2D eigenvalue weighted by Gasteiger charge is -2.07. The second kappa shape index (κ2) is 5.03. The molecule has 0 saturated carbocycles. The minimum atomic E-state index is -0.0842. The fourth-order valence-corrected chi connectivity index (χ4v) is 2.38. The maximum absolute atomic E-state index is 9.45. The maximum atomic E-state index is 9.45. The number of halogens is 1. The summed E-state index contributed by atoms with van der Waals surface area (Å²) in [5.41, 5.74) is 2.97. The topological polar surface area (TPSA) is 38.1 Å². The molecule has 96 valence electrons. The Hall–Kier alpha value is -1.84. The Morgan fingerprint density at radius 3 is 2.63 bits per heavy atom. The van der Waals surface area contributed by atoms with Crippen LogP contribution in [0.4, 0.5) is 0 Å². The van der Waals surface area contributed by atoms with Crippen LogP contribution in [0.2, 0.25) is 5.02 Å². The largest absolute Gasteiger partial charge is 0.388 e. The Morgan fingerprint density at radius 1 is 1.11 bits per heavy atom. The van der Waals surface area contributed by atoms with E-state index in [-0.39, 0.29) is 6.61 Å². The van der Waals surface area contributed by atoms with Crippen LogP contribution in [0.5, 0.6) is 0 Å². The summed E-state index contributed by atoms with van der Waals surface area (Å²) in [7, 11) is 0. The highest BCUT2D eigenvalue weighted by atomic mass is 35.5. The first-order valence-electron chi connectivity index (χ1n) is 6.07. The highest BCUT2D eigenvalue weighted by molar-refractivity contribution is 6.31. The zero-order valence-corrected chi connectivity index (χ0v) is 11.0. The van der Waals surface area contributed by atoms with E-state index in [4.69, 9.17) is 11.6 Å². The Labute approximate surface area is 116 Å². The van der Waals surface area contributed by atoms with Gasteiger partial charge in [-0.3, -0.25) is 0 Å². The van der Waals surface area contributed by atoms with E-state index in [9.17, 15) is 5.11 Å². The average Bonchev–Trinajstić information content (AvgIpc) is 2.77. The van der Waals surface area contributed by atoms with E-state index < -0.39 is 0 Å². The molecule has 1 aromatic heterocycles. The van der Waals surface area contributed by atoms with Crippen molar-refractivity contribution < 1.29 is 5.11 Å². The van der Waals surface area contributed by atoms with E-state index in [0.29, 0.717) is 17.4 Å². The molecule has 0 atom stereocenters. The molecule has 19 heavy (non-hydrogen) atoms. The third-order valence-corrected chi connectivity index (χ3v) is 3.35. The van der Waals surface area contributed by atoms with Crippen molar-refractivity contribution in [3.63, 3.8) is 0 Å². The van der Waals surface area contributed by atoms with Gasteiger partial charge in [-0.15, -0.1) is 0 Å². The van der Waals surface area contributed by atoms with Gasteiger partial charge in [0.25, 0.3) is 0 Å². The number of aliphatic hydroxyl groups excluding tert-OH is 1. The molecule has 0 aliphatic rings. The van der Waals surface area contributed by atoms with Gasteiger partial charge in [-0.05, 0) is 23.8 Å². The second-order valence-corrected chi connectivity index (χ2v) is 4.83. The molecule has 2 aromatic carbocycles. The molecule has 1 N–H and O–H groups in total. The molecule has 0 unspecified atom stereocenters. The van der Waals surface area contributed by atoms with Crippen LogP contribution in [-0.2, 0) is 13.2 Å². The van der Waals surface area contributed by atoms with Crippen LogP contribution in [0.1, 0.15) is 11.4 Å². The Balaban J connectivity index is 2.11. The van der Waals surface area contributed by atoms with Gasteiger partial charge in [0.05, 0.1) is 11.0 Å². The number of hydrogen-bond acceptors (Lipinski definition) is 2. The number of imidazole rings is 1. The zero-order chi connectivity index (χ0) is 13.2. The molecule has 3 rings (SSSR count). The van der Waals surface area contributed by atoms with E-state index in [1.54, 1.807) is 0 Å². The quantitative estimate of drug-likeness (QED) is 0.795. The summed E-state index contributed by atoms with van der Waals surface area (Å²) >= 11 is 5.97. The maximum Gasteiger partial charge on any atom is 0.136 e. The molecule has 0 bridgehead atoms. The minimum Gasteiger partial charge on any atom is -0.388 e. The van der Waals surface area contributed by atoms with E-state index in [1.165, 1.54) is 5.56 Å². The van der Waals surface area contributed by atoms with Crippen LogP contribution >= 0.6 is 11.6 Å². The molecule has 0 aliphatic heterocycles. The smallest absolute Gasteiger partial charge is 0.136 e. The molecule has 0 amide bonds. The van der Waals surface area contributed by atoms with E-state index in [0.717, 1.165) is 11.0 Å². The summed E-state index contributed by atoms with van der Waals surface area (Å²) < 4.78 is 2.01. The molecule has 0 radical (unpaired) electrons. The number of benzene rings is 2. The Bertz CT molecular complexity index is 707. The van der Waals surface area contributed by atoms with E-state index >= 15 is 0 Å². The van der Waals surface area contributed by atoms with Gasteiger partial charge in [-0.2, -0.15) is 0 Å². The molecule has 3 aromatic rings. The number of hydrogen-bond donors (Lipinski definition) is 1. The fourth-order valence-electron chi connectivity index (χ4n) is 2.22. The first-order valence-corrected chi connectivity index (χ1v) is 6.45. The fraction of sp³-hybridized carbons (Fsp3) is 0.133. The van der Waals surface area contributed by atoms with Crippen LogP contribution < -0.4 is 0 Å². The van der Waals surface area contributed by atoms with Crippen molar-refractivity contribution in [3.8, 4) is 0 Å². The predicted octanol–water partition coefficient (Wildman–Crippen LogP) is 3.23. The molecule has 0 aliphatic carbocycles. The summed E-state index contributed by atoms with van der Waals surface area (Å²) in [6, 6.07) is 15.7. The first kappa shape index (κ1) is 12.2. The third-order valence-electron chi connectivity index (χ3n) is 3.11. The summed E-state index contributed by atoms with van der Waals surface area (Å²) in [5.74, 6) is 0.654. The van der Waals surface area contributed by atoms with Crippen molar-refractivity contribution >= 4 is 22.6 Å². The normalized spacial score (nSPS) is 11.1. The van der Waals surface area contributed by atoms with Crippen molar-refractivity contribution in [1.29, 1.82) is 0 Å². The minimum absolute atomic E-state index is 0.0842. The summed E-state index contributed by atoms with van der Waals surface area (Å²) in [5, 5.41) is 10.1.